The Bertz CT molecular complexity index is 659. The molecule has 0 radical (unpaired) electrons. The first-order valence-corrected chi connectivity index (χ1v) is 7.29. The minimum Gasteiger partial charge on any atom is -0.394 e. The van der Waals surface area contributed by atoms with E-state index in [2.05, 4.69) is 10.3 Å². The Labute approximate surface area is 122 Å². The summed E-state index contributed by atoms with van der Waals surface area (Å²) in [6, 6.07) is 4.49. The van der Waals surface area contributed by atoms with Gasteiger partial charge in [-0.2, -0.15) is 0 Å². The number of nitrogens with one attached hydrogen (secondary N) is 2. The monoisotopic (exact) mass is 290 g/mol. The van der Waals surface area contributed by atoms with Crippen LogP contribution < -0.4 is 5.32 Å². The van der Waals surface area contributed by atoms with E-state index < -0.39 is 5.54 Å². The van der Waals surface area contributed by atoms with Crippen LogP contribution in [0.4, 0.5) is 4.39 Å². The van der Waals surface area contributed by atoms with Crippen LogP contribution in [-0.4, -0.2) is 28.1 Å². The van der Waals surface area contributed by atoms with Gasteiger partial charge in [0.2, 0.25) is 5.91 Å². The molecule has 1 aromatic heterocycles. The number of aromatic amines is 1. The predicted octanol–water partition coefficient (Wildman–Crippen LogP) is 2.27. The highest BCUT2D eigenvalue weighted by atomic mass is 19.1. The third-order valence-corrected chi connectivity index (χ3v) is 4.35. The third-order valence-electron chi connectivity index (χ3n) is 4.35. The van der Waals surface area contributed by atoms with E-state index in [0.717, 1.165) is 42.1 Å². The Morgan fingerprint density at radius 2 is 2.14 bits per heavy atom. The summed E-state index contributed by atoms with van der Waals surface area (Å²) in [7, 11) is 0. The van der Waals surface area contributed by atoms with Crippen molar-refractivity contribution in [1.29, 1.82) is 0 Å². The van der Waals surface area contributed by atoms with E-state index in [4.69, 9.17) is 0 Å². The molecule has 0 unspecified atom stereocenters. The van der Waals surface area contributed by atoms with Crippen LogP contribution in [0.5, 0.6) is 0 Å². The molecule has 0 bridgehead atoms. The van der Waals surface area contributed by atoms with Crippen molar-refractivity contribution in [3.05, 3.63) is 35.8 Å². The van der Waals surface area contributed by atoms with Crippen LogP contribution in [0, 0.1) is 5.82 Å². The molecule has 0 atom stereocenters. The van der Waals surface area contributed by atoms with Crippen molar-refractivity contribution in [3.63, 3.8) is 0 Å². The van der Waals surface area contributed by atoms with E-state index in [1.165, 1.54) is 12.1 Å². The molecule has 5 heteroatoms. The molecule has 3 rings (SSSR count). The summed E-state index contributed by atoms with van der Waals surface area (Å²) < 4.78 is 13.3. The number of rotatable bonds is 4. The second kappa shape index (κ2) is 5.48. The molecule has 2 aromatic rings. The fourth-order valence-electron chi connectivity index (χ4n) is 3.18. The van der Waals surface area contributed by atoms with Gasteiger partial charge in [0, 0.05) is 17.1 Å². The van der Waals surface area contributed by atoms with Gasteiger partial charge >= 0.3 is 0 Å². The number of aromatic nitrogens is 1. The number of carbonyl (C=O) groups excluding carboxylic acids is 1. The largest absolute Gasteiger partial charge is 0.394 e. The van der Waals surface area contributed by atoms with Crippen LogP contribution in [0.1, 0.15) is 31.2 Å². The van der Waals surface area contributed by atoms with E-state index in [1.54, 1.807) is 12.3 Å². The molecule has 0 aliphatic heterocycles. The summed E-state index contributed by atoms with van der Waals surface area (Å²) in [5, 5.41) is 13.2. The lowest BCUT2D eigenvalue weighted by Gasteiger charge is -2.27. The Kier molecular flexibility index (Phi) is 3.68. The smallest absolute Gasteiger partial charge is 0.225 e. The highest BCUT2D eigenvalue weighted by molar-refractivity contribution is 5.89. The molecule has 1 amide bonds. The maximum absolute atomic E-state index is 13.3. The number of halogens is 1. The quantitative estimate of drug-likeness (QED) is 0.808. The minimum absolute atomic E-state index is 0.0265. The van der Waals surface area contributed by atoms with Crippen LogP contribution >= 0.6 is 0 Å². The van der Waals surface area contributed by atoms with Gasteiger partial charge in [0.05, 0.1) is 18.6 Å². The average Bonchev–Trinajstić information content (AvgIpc) is 3.07. The van der Waals surface area contributed by atoms with Gasteiger partial charge in [-0.25, -0.2) is 4.39 Å². The van der Waals surface area contributed by atoms with Gasteiger partial charge in [-0.15, -0.1) is 0 Å². The van der Waals surface area contributed by atoms with Gasteiger partial charge in [0.15, 0.2) is 0 Å². The molecular formula is C16H19FN2O2. The zero-order valence-electron chi connectivity index (χ0n) is 11.8. The number of H-pyrrole nitrogens is 1. The molecule has 1 aliphatic rings. The van der Waals surface area contributed by atoms with Crippen LogP contribution in [0.2, 0.25) is 0 Å². The molecule has 112 valence electrons. The van der Waals surface area contributed by atoms with E-state index in [-0.39, 0.29) is 24.8 Å². The third kappa shape index (κ3) is 2.78. The molecule has 0 spiro atoms. The predicted molar refractivity (Wildman–Crippen MR) is 78.4 cm³/mol. The van der Waals surface area contributed by atoms with E-state index in [9.17, 15) is 14.3 Å². The second-order valence-corrected chi connectivity index (χ2v) is 5.87. The lowest BCUT2D eigenvalue weighted by Crippen LogP contribution is -2.49. The topological polar surface area (TPSA) is 65.1 Å². The molecule has 0 saturated heterocycles. The number of amides is 1. The molecule has 1 heterocycles. The number of hydrogen-bond acceptors (Lipinski definition) is 2. The number of aliphatic hydroxyl groups excluding tert-OH is 1. The normalized spacial score (nSPS) is 17.2. The second-order valence-electron chi connectivity index (χ2n) is 5.87. The van der Waals surface area contributed by atoms with Gasteiger partial charge in [-0.3, -0.25) is 4.79 Å². The molecule has 21 heavy (non-hydrogen) atoms. The maximum atomic E-state index is 13.3. The first kappa shape index (κ1) is 14.1. The van der Waals surface area contributed by atoms with E-state index >= 15 is 0 Å². The summed E-state index contributed by atoms with van der Waals surface area (Å²) in [5.74, 6) is -0.442. The molecule has 4 nitrogen and oxygen atoms in total. The van der Waals surface area contributed by atoms with Gasteiger partial charge in [-0.05, 0) is 36.6 Å². The first-order chi connectivity index (χ1) is 10.1. The van der Waals surface area contributed by atoms with Crippen molar-refractivity contribution in [2.45, 2.75) is 37.6 Å². The molecular weight excluding hydrogens is 271 g/mol. The lowest BCUT2D eigenvalue weighted by atomic mass is 9.98. The Balaban J connectivity index is 1.75. The van der Waals surface area contributed by atoms with Gasteiger partial charge in [-0.1, -0.05) is 12.8 Å². The lowest BCUT2D eigenvalue weighted by molar-refractivity contribution is -0.122. The Hall–Kier alpha value is -1.88. The number of carbonyl (C=O) groups is 1. The number of hydrogen-bond donors (Lipinski definition) is 3. The fraction of sp³-hybridized carbons (Fsp3) is 0.438. The van der Waals surface area contributed by atoms with Crippen molar-refractivity contribution in [2.75, 3.05) is 6.61 Å². The molecule has 3 N–H and O–H groups in total. The average molecular weight is 290 g/mol. The summed E-state index contributed by atoms with van der Waals surface area (Å²) in [5.41, 5.74) is 1.12. The van der Waals surface area contributed by atoms with Gasteiger partial charge in [0.1, 0.15) is 5.82 Å². The highest BCUT2D eigenvalue weighted by Gasteiger charge is 2.34. The highest BCUT2D eigenvalue weighted by Crippen LogP contribution is 2.29. The maximum Gasteiger partial charge on any atom is 0.225 e. The number of fused-ring (bicyclic) bond motifs is 1. The van der Waals surface area contributed by atoms with Crippen molar-refractivity contribution in [3.8, 4) is 0 Å². The van der Waals surface area contributed by atoms with Crippen LogP contribution in [0.25, 0.3) is 10.9 Å². The molecule has 1 aromatic carbocycles. The molecule has 1 saturated carbocycles. The van der Waals surface area contributed by atoms with Crippen molar-refractivity contribution in [1.82, 2.24) is 10.3 Å². The van der Waals surface area contributed by atoms with Crippen LogP contribution in [0.15, 0.2) is 24.4 Å². The van der Waals surface area contributed by atoms with Gasteiger partial charge in [0.25, 0.3) is 0 Å². The standard InChI is InChI=1S/C16H19FN2O2/c17-12-3-4-14-13(8-12)11(9-18-14)7-15(21)19-16(10-20)5-1-2-6-16/h3-4,8-9,18,20H,1-2,5-7,10H2,(H,19,21). The van der Waals surface area contributed by atoms with E-state index in [0.29, 0.717) is 0 Å². The molecule has 1 fully saturated rings. The first-order valence-electron chi connectivity index (χ1n) is 7.29. The fourth-order valence-corrected chi connectivity index (χ4v) is 3.18. The number of benzene rings is 1. The van der Waals surface area contributed by atoms with Crippen LogP contribution in [-0.2, 0) is 11.2 Å². The van der Waals surface area contributed by atoms with Crippen molar-refractivity contribution < 1.29 is 14.3 Å². The molecule has 1 aliphatic carbocycles. The zero-order valence-corrected chi connectivity index (χ0v) is 11.8. The summed E-state index contributed by atoms with van der Waals surface area (Å²) >= 11 is 0. The van der Waals surface area contributed by atoms with E-state index in [1.807, 2.05) is 0 Å². The minimum atomic E-state index is -0.464. The SMILES string of the molecule is O=C(Cc1c[nH]c2ccc(F)cc12)NC1(CO)CCCC1. The summed E-state index contributed by atoms with van der Waals surface area (Å²) in [4.78, 5) is 15.3. The van der Waals surface area contributed by atoms with Crippen molar-refractivity contribution >= 4 is 16.8 Å². The Morgan fingerprint density at radius 3 is 2.86 bits per heavy atom. The summed E-state index contributed by atoms with van der Waals surface area (Å²) in [6.07, 6.45) is 5.61. The van der Waals surface area contributed by atoms with Crippen LogP contribution in [0.3, 0.4) is 0 Å². The summed E-state index contributed by atoms with van der Waals surface area (Å²) in [6.45, 7) is -0.0265. The number of aliphatic hydroxyl groups is 1. The zero-order chi connectivity index (χ0) is 14.9. The van der Waals surface area contributed by atoms with Crippen molar-refractivity contribution in [2.24, 2.45) is 0 Å². The Morgan fingerprint density at radius 1 is 1.38 bits per heavy atom. The van der Waals surface area contributed by atoms with Gasteiger partial charge < -0.3 is 15.4 Å².